The zero-order valence-corrected chi connectivity index (χ0v) is 12.4. The van der Waals surface area contributed by atoms with Gasteiger partial charge in [-0.15, -0.1) is 0 Å². The fourth-order valence-electron chi connectivity index (χ4n) is 2.64. The van der Waals surface area contributed by atoms with Gasteiger partial charge in [0.1, 0.15) is 5.84 Å². The predicted octanol–water partition coefficient (Wildman–Crippen LogP) is 0.738. The number of benzene rings is 1. The molecule has 0 aromatic heterocycles. The van der Waals surface area contributed by atoms with Crippen LogP contribution < -0.4 is 4.72 Å². The van der Waals surface area contributed by atoms with E-state index in [9.17, 15) is 13.2 Å². The molecule has 0 unspecified atom stereocenters. The van der Waals surface area contributed by atoms with Gasteiger partial charge in [-0.3, -0.25) is 14.5 Å². The van der Waals surface area contributed by atoms with Gasteiger partial charge >= 0.3 is 0 Å². The van der Waals surface area contributed by atoms with E-state index in [1.807, 2.05) is 4.90 Å². The van der Waals surface area contributed by atoms with Crippen LogP contribution in [-0.2, 0) is 14.8 Å². The summed E-state index contributed by atoms with van der Waals surface area (Å²) in [6, 6.07) is 6.72. The number of hydrogen-bond acceptors (Lipinski definition) is 4. The molecule has 0 atom stereocenters. The molecule has 7 heteroatoms. The lowest BCUT2D eigenvalue weighted by atomic mass is 10.2. The average Bonchev–Trinajstić information content (AvgIpc) is 3.07. The number of rotatable bonds is 3. The highest BCUT2D eigenvalue weighted by atomic mass is 32.2. The van der Waals surface area contributed by atoms with E-state index in [1.165, 1.54) is 0 Å². The molecule has 112 valence electrons. The van der Waals surface area contributed by atoms with Crippen LogP contribution in [0, 0.1) is 0 Å². The van der Waals surface area contributed by atoms with Gasteiger partial charge in [-0.1, -0.05) is 12.1 Å². The second-order valence-corrected chi connectivity index (χ2v) is 6.82. The maximum absolute atomic E-state index is 11.9. The molecular formula is C14H17N3O3S. The summed E-state index contributed by atoms with van der Waals surface area (Å²) in [5, 5.41) is 0. The van der Waals surface area contributed by atoms with Crippen molar-refractivity contribution in [2.24, 2.45) is 4.99 Å². The molecule has 0 bridgehead atoms. The Hall–Kier alpha value is -1.89. The van der Waals surface area contributed by atoms with Crippen molar-refractivity contribution in [3.63, 3.8) is 0 Å². The first-order chi connectivity index (χ1) is 10.1. The zero-order valence-electron chi connectivity index (χ0n) is 11.6. The number of likely N-dealkylation sites (tertiary alicyclic amines) is 1. The number of amides is 1. The van der Waals surface area contributed by atoms with E-state index in [4.69, 9.17) is 0 Å². The van der Waals surface area contributed by atoms with Crippen molar-refractivity contribution in [2.75, 3.05) is 19.6 Å². The Morgan fingerprint density at radius 1 is 1.24 bits per heavy atom. The summed E-state index contributed by atoms with van der Waals surface area (Å²) in [4.78, 5) is 18.2. The van der Waals surface area contributed by atoms with E-state index in [2.05, 4.69) is 9.71 Å². The van der Waals surface area contributed by atoms with E-state index in [0.29, 0.717) is 24.4 Å². The van der Waals surface area contributed by atoms with Crippen molar-refractivity contribution in [1.82, 2.24) is 9.62 Å². The summed E-state index contributed by atoms with van der Waals surface area (Å²) in [6.45, 7) is 1.94. The molecule has 0 aliphatic carbocycles. The zero-order chi connectivity index (χ0) is 14.9. The monoisotopic (exact) mass is 307 g/mol. The molecule has 3 rings (SSSR count). The minimum absolute atomic E-state index is 0.0889. The van der Waals surface area contributed by atoms with E-state index in [1.54, 1.807) is 24.3 Å². The highest BCUT2D eigenvalue weighted by molar-refractivity contribution is 7.90. The number of aliphatic imine (C=N–C) groups is 1. The first-order valence-corrected chi connectivity index (χ1v) is 8.51. The van der Waals surface area contributed by atoms with E-state index >= 15 is 0 Å². The molecule has 2 aliphatic heterocycles. The van der Waals surface area contributed by atoms with Crippen LogP contribution in [0.3, 0.4) is 0 Å². The van der Waals surface area contributed by atoms with Crippen molar-refractivity contribution >= 4 is 21.8 Å². The normalized spacial score (nSPS) is 21.3. The average molecular weight is 307 g/mol. The van der Waals surface area contributed by atoms with Gasteiger partial charge in [0.2, 0.25) is 5.91 Å². The van der Waals surface area contributed by atoms with Gasteiger partial charge in [-0.25, -0.2) is 8.42 Å². The van der Waals surface area contributed by atoms with Crippen LogP contribution in [0.4, 0.5) is 0 Å². The largest absolute Gasteiger partial charge is 0.343 e. The Labute approximate surface area is 123 Å². The Balaban J connectivity index is 1.69. The van der Waals surface area contributed by atoms with Crippen LogP contribution in [0.5, 0.6) is 0 Å². The number of amidine groups is 1. The Morgan fingerprint density at radius 3 is 2.71 bits per heavy atom. The van der Waals surface area contributed by atoms with Crippen LogP contribution in [-0.4, -0.2) is 44.7 Å². The second-order valence-electron chi connectivity index (χ2n) is 5.17. The highest BCUT2D eigenvalue weighted by Crippen LogP contribution is 2.22. The standard InChI is InChI=1S/C14H17N3O3S/c18-13(17-9-3-4-10-17)7-8-15-14-11-5-1-2-6-12(11)21(19,20)16-14/h1-2,5-6H,3-4,7-10H2,(H,15,16). The first kappa shape index (κ1) is 14.1. The molecule has 0 radical (unpaired) electrons. The summed E-state index contributed by atoms with van der Waals surface area (Å²) in [5.41, 5.74) is 0.575. The Kier molecular flexibility index (Phi) is 3.67. The molecule has 1 saturated heterocycles. The number of hydrogen-bond donors (Lipinski definition) is 1. The maximum atomic E-state index is 11.9. The lowest BCUT2D eigenvalue weighted by Crippen LogP contribution is -2.28. The molecule has 1 aromatic rings. The topological polar surface area (TPSA) is 78.8 Å². The lowest BCUT2D eigenvalue weighted by Gasteiger charge is -2.14. The first-order valence-electron chi connectivity index (χ1n) is 7.02. The van der Waals surface area contributed by atoms with Crippen LogP contribution in [0.2, 0.25) is 0 Å². The molecule has 1 aromatic carbocycles. The molecule has 0 saturated carbocycles. The third kappa shape index (κ3) is 2.78. The molecule has 6 nitrogen and oxygen atoms in total. The smallest absolute Gasteiger partial charge is 0.263 e. The van der Waals surface area contributed by atoms with Gasteiger partial charge in [0.05, 0.1) is 11.4 Å². The van der Waals surface area contributed by atoms with E-state index in [-0.39, 0.29) is 10.8 Å². The summed E-state index contributed by atoms with van der Waals surface area (Å²) in [6.07, 6.45) is 2.44. The van der Waals surface area contributed by atoms with Crippen LogP contribution in [0.25, 0.3) is 0 Å². The number of fused-ring (bicyclic) bond motifs is 1. The number of carbonyl (C=O) groups is 1. The van der Waals surface area contributed by atoms with Crippen LogP contribution in [0.15, 0.2) is 34.2 Å². The van der Waals surface area contributed by atoms with E-state index in [0.717, 1.165) is 25.9 Å². The van der Waals surface area contributed by atoms with Gasteiger partial charge in [-0.05, 0) is 25.0 Å². The Morgan fingerprint density at radius 2 is 1.95 bits per heavy atom. The van der Waals surface area contributed by atoms with Crippen molar-refractivity contribution in [2.45, 2.75) is 24.2 Å². The fourth-order valence-corrected chi connectivity index (χ4v) is 3.89. The van der Waals surface area contributed by atoms with Gasteiger partial charge < -0.3 is 4.90 Å². The molecule has 1 N–H and O–H groups in total. The number of nitrogens with one attached hydrogen (secondary N) is 1. The van der Waals surface area contributed by atoms with E-state index < -0.39 is 10.0 Å². The van der Waals surface area contributed by atoms with Crippen LogP contribution >= 0.6 is 0 Å². The summed E-state index contributed by atoms with van der Waals surface area (Å²) < 4.78 is 26.2. The van der Waals surface area contributed by atoms with Crippen molar-refractivity contribution < 1.29 is 13.2 Å². The van der Waals surface area contributed by atoms with Gasteiger partial charge in [0.25, 0.3) is 10.0 Å². The minimum Gasteiger partial charge on any atom is -0.343 e. The molecule has 21 heavy (non-hydrogen) atoms. The molecule has 1 fully saturated rings. The molecule has 0 spiro atoms. The maximum Gasteiger partial charge on any atom is 0.263 e. The Bertz CT molecular complexity index is 691. The fraction of sp³-hybridized carbons (Fsp3) is 0.429. The van der Waals surface area contributed by atoms with Crippen molar-refractivity contribution in [3.8, 4) is 0 Å². The number of sulfonamides is 1. The van der Waals surface area contributed by atoms with Crippen molar-refractivity contribution in [1.29, 1.82) is 0 Å². The highest BCUT2D eigenvalue weighted by Gasteiger charge is 2.30. The van der Waals surface area contributed by atoms with Gasteiger partial charge in [0.15, 0.2) is 0 Å². The van der Waals surface area contributed by atoms with Crippen LogP contribution in [0.1, 0.15) is 24.8 Å². The lowest BCUT2D eigenvalue weighted by molar-refractivity contribution is -0.129. The third-order valence-electron chi connectivity index (χ3n) is 3.72. The van der Waals surface area contributed by atoms with Gasteiger partial charge in [0, 0.05) is 25.1 Å². The second kappa shape index (κ2) is 5.48. The molecule has 2 aliphatic rings. The summed E-state index contributed by atoms with van der Waals surface area (Å²) in [5.74, 6) is 0.422. The molecule has 2 heterocycles. The summed E-state index contributed by atoms with van der Waals surface area (Å²) >= 11 is 0. The minimum atomic E-state index is -3.50. The quantitative estimate of drug-likeness (QED) is 0.894. The molecular weight excluding hydrogens is 290 g/mol. The SMILES string of the molecule is O=C(CCN=C1NS(=O)(=O)c2ccccc21)N1CCCC1. The third-order valence-corrected chi connectivity index (χ3v) is 5.11. The summed E-state index contributed by atoms with van der Waals surface area (Å²) in [7, 11) is -3.50. The molecule has 1 amide bonds. The van der Waals surface area contributed by atoms with Crippen molar-refractivity contribution in [3.05, 3.63) is 29.8 Å². The predicted molar refractivity (Wildman–Crippen MR) is 78.6 cm³/mol. The number of nitrogens with zero attached hydrogens (tertiary/aromatic N) is 2. The number of carbonyl (C=O) groups excluding carboxylic acids is 1. The van der Waals surface area contributed by atoms with Gasteiger partial charge in [-0.2, -0.15) is 0 Å².